The maximum atomic E-state index is 11.3. The second-order valence-corrected chi connectivity index (χ2v) is 3.28. The highest BCUT2D eigenvalue weighted by Crippen LogP contribution is 2.24. The Morgan fingerprint density at radius 3 is 2.71 bits per heavy atom. The van der Waals surface area contributed by atoms with E-state index in [1.165, 1.54) is 6.92 Å². The van der Waals surface area contributed by atoms with Gasteiger partial charge in [-0.25, -0.2) is 0 Å². The number of amides is 1. The van der Waals surface area contributed by atoms with Crippen molar-refractivity contribution in [1.82, 2.24) is 0 Å². The molecular weight excluding hydrogens is 198 g/mol. The monoisotopic (exact) mass is 209 g/mol. The summed E-state index contributed by atoms with van der Waals surface area (Å²) in [7, 11) is 0. The van der Waals surface area contributed by atoms with Crippen molar-refractivity contribution in [2.75, 3.05) is 11.4 Å². The number of benzene rings is 1. The Morgan fingerprint density at radius 2 is 2.21 bits per heavy atom. The predicted molar refractivity (Wildman–Crippen MR) is 59.7 cm³/mol. The molecule has 0 atom stereocenters. The summed E-state index contributed by atoms with van der Waals surface area (Å²) in [5.74, 6) is -0.0435. The Labute approximate surface area is 88.8 Å². The van der Waals surface area contributed by atoms with Gasteiger partial charge >= 0.3 is 0 Å². The summed E-state index contributed by atoms with van der Waals surface area (Å²) in [4.78, 5) is 12.9. The minimum absolute atomic E-state index is 0.0435. The third-order valence-corrected chi connectivity index (χ3v) is 2.15. The molecule has 1 amide bonds. The summed E-state index contributed by atoms with van der Waals surface area (Å²) >= 11 is 5.97. The molecule has 1 rings (SSSR count). The van der Waals surface area contributed by atoms with E-state index in [4.69, 9.17) is 11.6 Å². The Morgan fingerprint density at radius 1 is 1.57 bits per heavy atom. The van der Waals surface area contributed by atoms with Crippen LogP contribution in [0.3, 0.4) is 0 Å². The first-order valence-corrected chi connectivity index (χ1v) is 4.68. The largest absolute Gasteiger partial charge is 0.307 e. The molecule has 1 aromatic carbocycles. The minimum Gasteiger partial charge on any atom is -0.307 e. The number of anilines is 1. The van der Waals surface area contributed by atoms with Crippen molar-refractivity contribution in [3.05, 3.63) is 41.9 Å². The van der Waals surface area contributed by atoms with Crippen LogP contribution in [0.2, 0.25) is 5.02 Å². The Hall–Kier alpha value is -1.28. The van der Waals surface area contributed by atoms with Gasteiger partial charge in [-0.2, -0.15) is 0 Å². The third kappa shape index (κ3) is 2.36. The molecule has 0 bridgehead atoms. The molecule has 0 radical (unpaired) electrons. The lowest BCUT2D eigenvalue weighted by molar-refractivity contribution is -0.116. The average molecular weight is 210 g/mol. The van der Waals surface area contributed by atoms with Crippen LogP contribution in [0, 0.1) is 0 Å². The third-order valence-electron chi connectivity index (χ3n) is 1.84. The van der Waals surface area contributed by atoms with Crippen LogP contribution in [-0.2, 0) is 4.79 Å². The lowest BCUT2D eigenvalue weighted by Gasteiger charge is -2.20. The van der Waals surface area contributed by atoms with Crippen LogP contribution in [0.4, 0.5) is 5.69 Å². The van der Waals surface area contributed by atoms with Crippen molar-refractivity contribution in [2.24, 2.45) is 0 Å². The molecule has 0 aromatic heterocycles. The van der Waals surface area contributed by atoms with Crippen molar-refractivity contribution in [1.29, 1.82) is 0 Å². The highest BCUT2D eigenvalue weighted by molar-refractivity contribution is 6.33. The molecule has 0 N–H and O–H groups in total. The number of para-hydroxylation sites is 1. The van der Waals surface area contributed by atoms with Crippen molar-refractivity contribution in [2.45, 2.75) is 6.92 Å². The van der Waals surface area contributed by atoms with Gasteiger partial charge in [-0.3, -0.25) is 4.79 Å². The Bertz CT molecular complexity index is 349. The number of carbonyl (C=O) groups is 1. The minimum atomic E-state index is -0.0435. The van der Waals surface area contributed by atoms with Gasteiger partial charge < -0.3 is 4.90 Å². The van der Waals surface area contributed by atoms with Gasteiger partial charge in [-0.1, -0.05) is 29.8 Å². The van der Waals surface area contributed by atoms with E-state index in [-0.39, 0.29) is 5.91 Å². The van der Waals surface area contributed by atoms with E-state index in [2.05, 4.69) is 6.58 Å². The Kier molecular flexibility index (Phi) is 3.72. The van der Waals surface area contributed by atoms with Crippen molar-refractivity contribution in [3.63, 3.8) is 0 Å². The number of nitrogens with zero attached hydrogens (tertiary/aromatic N) is 1. The molecule has 0 unspecified atom stereocenters. The van der Waals surface area contributed by atoms with Crippen LogP contribution in [0.5, 0.6) is 0 Å². The van der Waals surface area contributed by atoms with E-state index in [1.54, 1.807) is 17.0 Å². The molecule has 0 spiro atoms. The summed E-state index contributed by atoms with van der Waals surface area (Å²) in [6.07, 6.45) is 1.67. The first-order chi connectivity index (χ1) is 6.66. The number of hydrogen-bond donors (Lipinski definition) is 0. The van der Waals surface area contributed by atoms with E-state index in [9.17, 15) is 4.79 Å². The molecule has 0 aliphatic carbocycles. The molecule has 2 nitrogen and oxygen atoms in total. The maximum absolute atomic E-state index is 11.3. The maximum Gasteiger partial charge on any atom is 0.224 e. The fourth-order valence-corrected chi connectivity index (χ4v) is 1.43. The quantitative estimate of drug-likeness (QED) is 0.701. The van der Waals surface area contributed by atoms with E-state index in [1.807, 2.05) is 18.2 Å². The zero-order chi connectivity index (χ0) is 10.6. The van der Waals surface area contributed by atoms with Gasteiger partial charge in [0.05, 0.1) is 10.7 Å². The zero-order valence-electron chi connectivity index (χ0n) is 8.03. The number of halogens is 1. The molecule has 0 fully saturated rings. The van der Waals surface area contributed by atoms with Gasteiger partial charge in [0.1, 0.15) is 0 Å². The van der Waals surface area contributed by atoms with Crippen molar-refractivity contribution < 1.29 is 4.79 Å². The number of rotatable bonds is 3. The van der Waals surface area contributed by atoms with Gasteiger partial charge in [0.2, 0.25) is 5.91 Å². The average Bonchev–Trinajstić information content (AvgIpc) is 2.15. The fourth-order valence-electron chi connectivity index (χ4n) is 1.20. The molecule has 0 saturated heterocycles. The summed E-state index contributed by atoms with van der Waals surface area (Å²) in [5.41, 5.74) is 0.724. The van der Waals surface area contributed by atoms with Crippen LogP contribution in [0.25, 0.3) is 0 Å². The Balaban J connectivity index is 3.04. The molecule has 0 heterocycles. The van der Waals surface area contributed by atoms with E-state index in [0.717, 1.165) is 5.69 Å². The second-order valence-electron chi connectivity index (χ2n) is 2.87. The SMILES string of the molecule is C=CCN(C(C)=O)c1ccccc1Cl. The zero-order valence-corrected chi connectivity index (χ0v) is 8.79. The molecule has 0 saturated carbocycles. The smallest absolute Gasteiger partial charge is 0.224 e. The molecular formula is C11H12ClNO. The summed E-state index contributed by atoms with van der Waals surface area (Å²) in [5, 5.41) is 0.574. The van der Waals surface area contributed by atoms with Crippen LogP contribution in [0.1, 0.15) is 6.92 Å². The van der Waals surface area contributed by atoms with Crippen molar-refractivity contribution >= 4 is 23.2 Å². The topological polar surface area (TPSA) is 20.3 Å². The molecule has 74 valence electrons. The summed E-state index contributed by atoms with van der Waals surface area (Å²) < 4.78 is 0. The first-order valence-electron chi connectivity index (χ1n) is 4.30. The van der Waals surface area contributed by atoms with Gasteiger partial charge in [-0.05, 0) is 12.1 Å². The molecule has 14 heavy (non-hydrogen) atoms. The lowest BCUT2D eigenvalue weighted by atomic mass is 10.3. The van der Waals surface area contributed by atoms with Gasteiger partial charge in [0.15, 0.2) is 0 Å². The van der Waals surface area contributed by atoms with Crippen LogP contribution >= 0.6 is 11.6 Å². The lowest BCUT2D eigenvalue weighted by Crippen LogP contribution is -2.28. The highest BCUT2D eigenvalue weighted by Gasteiger charge is 2.11. The van der Waals surface area contributed by atoms with E-state index in [0.29, 0.717) is 11.6 Å². The highest BCUT2D eigenvalue weighted by atomic mass is 35.5. The number of hydrogen-bond acceptors (Lipinski definition) is 1. The van der Waals surface area contributed by atoms with Gasteiger partial charge in [0, 0.05) is 13.5 Å². The molecule has 1 aromatic rings. The summed E-state index contributed by atoms with van der Waals surface area (Å²) in [6, 6.07) is 7.25. The summed E-state index contributed by atoms with van der Waals surface area (Å²) in [6.45, 7) is 5.58. The molecule has 3 heteroatoms. The van der Waals surface area contributed by atoms with Gasteiger partial charge in [-0.15, -0.1) is 6.58 Å². The molecule has 0 aliphatic rings. The number of carbonyl (C=O) groups excluding carboxylic acids is 1. The standard InChI is InChI=1S/C11H12ClNO/c1-3-8-13(9(2)14)11-7-5-4-6-10(11)12/h3-7H,1,8H2,2H3. The predicted octanol–water partition coefficient (Wildman–Crippen LogP) is 2.88. The van der Waals surface area contributed by atoms with Crippen molar-refractivity contribution in [3.8, 4) is 0 Å². The first kappa shape index (κ1) is 10.8. The normalized spacial score (nSPS) is 9.57. The van der Waals surface area contributed by atoms with Crippen LogP contribution in [0.15, 0.2) is 36.9 Å². The van der Waals surface area contributed by atoms with Gasteiger partial charge in [0.25, 0.3) is 0 Å². The van der Waals surface area contributed by atoms with Crippen LogP contribution in [-0.4, -0.2) is 12.5 Å². The fraction of sp³-hybridized carbons (Fsp3) is 0.182. The molecule has 0 aliphatic heterocycles. The van der Waals surface area contributed by atoms with Crippen LogP contribution < -0.4 is 4.90 Å². The van der Waals surface area contributed by atoms with E-state index >= 15 is 0 Å². The second kappa shape index (κ2) is 4.82. The van der Waals surface area contributed by atoms with E-state index < -0.39 is 0 Å².